The minimum absolute atomic E-state index is 0.0356. The molecule has 2 aromatic heterocycles. The maximum absolute atomic E-state index is 12.5. The lowest BCUT2D eigenvalue weighted by atomic mass is 10.1. The molecule has 0 aliphatic heterocycles. The number of esters is 1. The molecule has 3 rings (SSSR count). The monoisotopic (exact) mass is 413 g/mol. The van der Waals surface area contributed by atoms with Gasteiger partial charge in [-0.25, -0.2) is 9.78 Å². The summed E-state index contributed by atoms with van der Waals surface area (Å²) in [4.78, 5) is 40.6. The number of nitrogens with zero attached hydrogens (tertiary/aromatic N) is 2. The third kappa shape index (κ3) is 3.88. The molecule has 0 radical (unpaired) electrons. The minimum Gasteiger partial charge on any atom is -0.506 e. The number of aromatic nitrogens is 2. The van der Waals surface area contributed by atoms with Crippen molar-refractivity contribution in [3.8, 4) is 11.5 Å². The van der Waals surface area contributed by atoms with Gasteiger partial charge in [-0.3, -0.25) is 9.59 Å². The van der Waals surface area contributed by atoms with Crippen molar-refractivity contribution in [2.24, 2.45) is 0 Å². The number of carbonyl (C=O) groups excluding carboxylic acids is 2. The van der Waals surface area contributed by atoms with Gasteiger partial charge in [0, 0.05) is 12.7 Å². The Balaban J connectivity index is 1.94. The molecule has 0 aliphatic carbocycles. The van der Waals surface area contributed by atoms with Gasteiger partial charge >= 0.3 is 11.5 Å². The number of ether oxygens (including phenoxy) is 2. The number of pyridine rings is 2. The number of aromatic hydroxyl groups is 1. The van der Waals surface area contributed by atoms with E-state index in [-0.39, 0.29) is 34.5 Å². The molecular weight excluding hydrogens is 394 g/mol. The highest BCUT2D eigenvalue weighted by atomic mass is 16.5. The molecule has 10 heteroatoms. The number of methoxy groups -OCH3 is 1. The van der Waals surface area contributed by atoms with Gasteiger partial charge in [0.1, 0.15) is 11.5 Å². The van der Waals surface area contributed by atoms with Crippen LogP contribution >= 0.6 is 0 Å². The summed E-state index contributed by atoms with van der Waals surface area (Å²) in [7, 11) is 1.54. The van der Waals surface area contributed by atoms with E-state index < -0.39 is 28.7 Å². The van der Waals surface area contributed by atoms with Crippen LogP contribution < -0.4 is 15.6 Å². The van der Waals surface area contributed by atoms with Crippen molar-refractivity contribution >= 4 is 22.9 Å². The molecule has 30 heavy (non-hydrogen) atoms. The fourth-order valence-electron chi connectivity index (χ4n) is 2.82. The van der Waals surface area contributed by atoms with Crippen LogP contribution in [0.25, 0.3) is 11.0 Å². The topological polar surface area (TPSA) is 140 Å². The second kappa shape index (κ2) is 8.52. The molecular formula is C20H19N3O7. The summed E-state index contributed by atoms with van der Waals surface area (Å²) in [5, 5.41) is 23.0. The molecule has 0 atom stereocenters. The van der Waals surface area contributed by atoms with Gasteiger partial charge in [-0.2, -0.15) is 0 Å². The highest BCUT2D eigenvalue weighted by molar-refractivity contribution is 6.02. The molecule has 0 unspecified atom stereocenters. The van der Waals surface area contributed by atoms with Crippen LogP contribution in [0.4, 0.5) is 0 Å². The zero-order valence-electron chi connectivity index (χ0n) is 16.2. The van der Waals surface area contributed by atoms with Crippen molar-refractivity contribution in [1.82, 2.24) is 15.0 Å². The quantitative estimate of drug-likeness (QED) is 0.408. The Kier molecular flexibility index (Phi) is 5.86. The van der Waals surface area contributed by atoms with Crippen molar-refractivity contribution in [2.45, 2.75) is 13.5 Å². The van der Waals surface area contributed by atoms with Crippen LogP contribution in [-0.4, -0.2) is 45.6 Å². The number of amides is 1. The second-order valence-electron chi connectivity index (χ2n) is 6.19. The molecule has 0 aliphatic rings. The van der Waals surface area contributed by atoms with E-state index in [4.69, 9.17) is 9.47 Å². The average molecular weight is 413 g/mol. The molecule has 1 aromatic carbocycles. The average Bonchev–Trinajstić information content (AvgIpc) is 2.76. The van der Waals surface area contributed by atoms with E-state index >= 15 is 0 Å². The molecule has 2 heterocycles. The standard InChI is InChI=1S/C20H19N3O7/c1-3-30-20(27)15-16(24)14-8-12(10-21-17(14)23(28)19(15)26)18(25)22-9-11-5-4-6-13(7-11)29-2/h4-8,10,24,28H,3,9H2,1-2H3,(H,22,25). The maximum Gasteiger partial charge on any atom is 0.347 e. The van der Waals surface area contributed by atoms with Crippen molar-refractivity contribution in [3.63, 3.8) is 0 Å². The highest BCUT2D eigenvalue weighted by Gasteiger charge is 2.24. The zero-order chi connectivity index (χ0) is 21.8. The van der Waals surface area contributed by atoms with Gasteiger partial charge in [-0.05, 0) is 30.7 Å². The highest BCUT2D eigenvalue weighted by Crippen LogP contribution is 2.26. The van der Waals surface area contributed by atoms with Crippen LogP contribution in [0, 0.1) is 0 Å². The molecule has 3 N–H and O–H groups in total. The summed E-state index contributed by atoms with van der Waals surface area (Å²) in [5.74, 6) is -1.70. The number of benzene rings is 1. The summed E-state index contributed by atoms with van der Waals surface area (Å²) in [6, 6.07) is 8.35. The van der Waals surface area contributed by atoms with E-state index in [1.807, 2.05) is 6.07 Å². The van der Waals surface area contributed by atoms with E-state index in [0.29, 0.717) is 5.75 Å². The second-order valence-corrected chi connectivity index (χ2v) is 6.19. The Morgan fingerprint density at radius 1 is 1.27 bits per heavy atom. The largest absolute Gasteiger partial charge is 0.506 e. The number of carbonyl (C=O) groups is 2. The van der Waals surface area contributed by atoms with Crippen LogP contribution in [0.15, 0.2) is 41.3 Å². The van der Waals surface area contributed by atoms with Gasteiger partial charge in [0.25, 0.3) is 5.91 Å². The van der Waals surface area contributed by atoms with Gasteiger partial charge in [0.15, 0.2) is 11.2 Å². The normalized spacial score (nSPS) is 10.6. The van der Waals surface area contributed by atoms with Crippen LogP contribution in [0.5, 0.6) is 11.5 Å². The molecule has 1 amide bonds. The SMILES string of the molecule is CCOC(=O)c1c(O)c2cc(C(=O)NCc3cccc(OC)c3)cnc2n(O)c1=O. The summed E-state index contributed by atoms with van der Waals surface area (Å²) < 4.78 is 10.0. The third-order valence-electron chi connectivity index (χ3n) is 4.29. The fourth-order valence-corrected chi connectivity index (χ4v) is 2.82. The lowest BCUT2D eigenvalue weighted by molar-refractivity contribution is 0.0515. The predicted molar refractivity (Wildman–Crippen MR) is 105 cm³/mol. The van der Waals surface area contributed by atoms with Gasteiger partial charge < -0.3 is 25.1 Å². The zero-order valence-corrected chi connectivity index (χ0v) is 16.2. The first kappa shape index (κ1) is 20.6. The molecule has 156 valence electrons. The lowest BCUT2D eigenvalue weighted by Crippen LogP contribution is -2.27. The van der Waals surface area contributed by atoms with Crippen molar-refractivity contribution in [2.75, 3.05) is 13.7 Å². The molecule has 3 aromatic rings. The van der Waals surface area contributed by atoms with E-state index in [2.05, 4.69) is 10.3 Å². The molecule has 0 fully saturated rings. The van der Waals surface area contributed by atoms with Gasteiger partial charge in [-0.1, -0.05) is 12.1 Å². The van der Waals surface area contributed by atoms with E-state index in [1.54, 1.807) is 18.2 Å². The Morgan fingerprint density at radius 3 is 2.73 bits per heavy atom. The number of rotatable bonds is 6. The van der Waals surface area contributed by atoms with Crippen molar-refractivity contribution in [3.05, 3.63) is 63.6 Å². The van der Waals surface area contributed by atoms with Crippen molar-refractivity contribution in [1.29, 1.82) is 0 Å². The Hall–Kier alpha value is -4.08. The summed E-state index contributed by atoms with van der Waals surface area (Å²) in [5.41, 5.74) is -1.39. The number of hydrogen-bond donors (Lipinski definition) is 3. The molecule has 0 bridgehead atoms. The van der Waals surface area contributed by atoms with E-state index in [0.717, 1.165) is 11.8 Å². The molecule has 0 saturated heterocycles. The molecule has 0 spiro atoms. The number of hydrogen-bond acceptors (Lipinski definition) is 8. The smallest absolute Gasteiger partial charge is 0.347 e. The van der Waals surface area contributed by atoms with Crippen molar-refractivity contribution < 1.29 is 29.4 Å². The summed E-state index contributed by atoms with van der Waals surface area (Å²) >= 11 is 0. The molecule has 10 nitrogen and oxygen atoms in total. The Bertz CT molecular complexity index is 1190. The Morgan fingerprint density at radius 2 is 2.03 bits per heavy atom. The fraction of sp³-hybridized carbons (Fsp3) is 0.200. The summed E-state index contributed by atoms with van der Waals surface area (Å²) in [6.45, 7) is 1.69. The molecule has 0 saturated carbocycles. The third-order valence-corrected chi connectivity index (χ3v) is 4.29. The first-order chi connectivity index (χ1) is 14.4. The van der Waals surface area contributed by atoms with Gasteiger partial charge in [0.05, 0.1) is 24.7 Å². The van der Waals surface area contributed by atoms with Crippen LogP contribution in [0.3, 0.4) is 0 Å². The predicted octanol–water partition coefficient (Wildman–Crippen LogP) is 1.45. The lowest BCUT2D eigenvalue weighted by Gasteiger charge is -2.11. The number of fused-ring (bicyclic) bond motifs is 1. The van der Waals surface area contributed by atoms with Crippen LogP contribution in [0.2, 0.25) is 0 Å². The van der Waals surface area contributed by atoms with E-state index in [1.165, 1.54) is 20.1 Å². The first-order valence-electron chi connectivity index (χ1n) is 8.92. The van der Waals surface area contributed by atoms with Gasteiger partial charge in [-0.15, -0.1) is 4.73 Å². The van der Waals surface area contributed by atoms with E-state index in [9.17, 15) is 24.7 Å². The maximum atomic E-state index is 12.5. The first-order valence-corrected chi connectivity index (χ1v) is 8.92. The van der Waals surface area contributed by atoms with Crippen LogP contribution in [-0.2, 0) is 11.3 Å². The summed E-state index contributed by atoms with van der Waals surface area (Å²) in [6.07, 6.45) is 1.14. The minimum atomic E-state index is -1.18. The number of nitrogens with one attached hydrogen (secondary N) is 1. The van der Waals surface area contributed by atoms with Gasteiger partial charge in [0.2, 0.25) is 0 Å². The van der Waals surface area contributed by atoms with Crippen LogP contribution in [0.1, 0.15) is 33.2 Å². The Labute approximate surface area is 170 Å².